The number of rotatable bonds is 5. The van der Waals surface area contributed by atoms with E-state index in [1.807, 2.05) is 18.2 Å². The fraction of sp³-hybridized carbons (Fsp3) is 0.368. The van der Waals surface area contributed by atoms with Gasteiger partial charge in [0, 0.05) is 19.1 Å². The van der Waals surface area contributed by atoms with E-state index in [0.717, 1.165) is 11.6 Å². The lowest BCUT2D eigenvalue weighted by Gasteiger charge is -2.25. The van der Waals surface area contributed by atoms with Gasteiger partial charge in [-0.15, -0.1) is 0 Å². The summed E-state index contributed by atoms with van der Waals surface area (Å²) in [5.41, 5.74) is 1.65. The molecule has 0 unspecified atom stereocenters. The second-order valence-electron chi connectivity index (χ2n) is 6.20. The molecule has 1 aliphatic heterocycles. The third kappa shape index (κ3) is 3.75. The maximum Gasteiger partial charge on any atom is 0.161 e. The van der Waals surface area contributed by atoms with Crippen molar-refractivity contribution in [2.75, 3.05) is 20.8 Å². The highest BCUT2D eigenvalue weighted by atomic mass is 19.2. The largest absolute Gasteiger partial charge is 0.493 e. The minimum absolute atomic E-state index is 0.168. The fourth-order valence-corrected chi connectivity index (χ4v) is 3.33. The van der Waals surface area contributed by atoms with Crippen LogP contribution in [0.2, 0.25) is 0 Å². The second-order valence-corrected chi connectivity index (χ2v) is 6.20. The van der Waals surface area contributed by atoms with E-state index in [9.17, 15) is 13.9 Å². The summed E-state index contributed by atoms with van der Waals surface area (Å²) in [6.45, 7) is 1.03. The summed E-state index contributed by atoms with van der Waals surface area (Å²) < 4.78 is 37.3. The minimum Gasteiger partial charge on any atom is -0.493 e. The number of aliphatic hydroxyl groups excluding tert-OH is 1. The van der Waals surface area contributed by atoms with E-state index in [1.54, 1.807) is 20.3 Å². The Labute approximate surface area is 145 Å². The fourth-order valence-electron chi connectivity index (χ4n) is 3.33. The van der Waals surface area contributed by atoms with Gasteiger partial charge in [0.05, 0.1) is 20.3 Å². The number of ether oxygens (including phenoxy) is 2. The van der Waals surface area contributed by atoms with Crippen LogP contribution in [0, 0.1) is 11.6 Å². The molecule has 0 amide bonds. The van der Waals surface area contributed by atoms with E-state index >= 15 is 0 Å². The number of benzene rings is 2. The van der Waals surface area contributed by atoms with Gasteiger partial charge in [-0.25, -0.2) is 8.78 Å². The lowest BCUT2D eigenvalue weighted by molar-refractivity contribution is 0.172. The first-order valence-electron chi connectivity index (χ1n) is 8.09. The first-order valence-corrected chi connectivity index (χ1v) is 8.09. The molecule has 2 aromatic carbocycles. The summed E-state index contributed by atoms with van der Waals surface area (Å²) in [5.74, 6) is -0.465. The molecular weight excluding hydrogens is 328 g/mol. The molecule has 2 atom stereocenters. The molecule has 2 aromatic rings. The van der Waals surface area contributed by atoms with Gasteiger partial charge in [0.25, 0.3) is 0 Å². The lowest BCUT2D eigenvalue weighted by atomic mass is 10.0. The predicted octanol–water partition coefficient (Wildman–Crippen LogP) is 3.29. The molecule has 0 aliphatic carbocycles. The van der Waals surface area contributed by atoms with Gasteiger partial charge in [-0.3, -0.25) is 4.90 Å². The molecule has 0 spiro atoms. The molecule has 0 bridgehead atoms. The highest BCUT2D eigenvalue weighted by Crippen LogP contribution is 2.35. The molecule has 4 nitrogen and oxygen atoms in total. The molecule has 0 saturated carbocycles. The number of β-amino-alcohol motifs (C(OH)–C–C–N with tert-alkyl or cyclic N) is 1. The molecule has 1 saturated heterocycles. The Kier molecular flexibility index (Phi) is 5.20. The Hall–Kier alpha value is -2.18. The molecule has 1 heterocycles. The second kappa shape index (κ2) is 7.37. The van der Waals surface area contributed by atoms with Gasteiger partial charge in [-0.2, -0.15) is 0 Å². The number of aliphatic hydroxyl groups is 1. The van der Waals surface area contributed by atoms with Crippen LogP contribution in [-0.4, -0.2) is 36.9 Å². The summed E-state index contributed by atoms with van der Waals surface area (Å²) in [7, 11) is 3.15. The summed E-state index contributed by atoms with van der Waals surface area (Å²) in [6, 6.07) is 9.37. The molecule has 0 radical (unpaired) electrons. The number of methoxy groups -OCH3 is 2. The summed E-state index contributed by atoms with van der Waals surface area (Å²) in [5, 5.41) is 10.1. The van der Waals surface area contributed by atoms with Gasteiger partial charge in [-0.1, -0.05) is 12.1 Å². The highest BCUT2D eigenvalue weighted by molar-refractivity contribution is 5.43. The number of hydrogen-bond acceptors (Lipinski definition) is 4. The molecule has 134 valence electrons. The highest BCUT2D eigenvalue weighted by Gasteiger charge is 2.32. The molecule has 1 fully saturated rings. The Bertz CT molecular complexity index is 753. The van der Waals surface area contributed by atoms with Crippen LogP contribution in [-0.2, 0) is 6.54 Å². The SMILES string of the molecule is COc1ccc(CN2C[C@@H](O)C[C@H]2c2ccc(F)c(F)c2)cc1OC. The minimum atomic E-state index is -0.870. The van der Waals surface area contributed by atoms with E-state index in [0.29, 0.717) is 36.6 Å². The van der Waals surface area contributed by atoms with Crippen LogP contribution < -0.4 is 9.47 Å². The third-order valence-electron chi connectivity index (χ3n) is 4.54. The van der Waals surface area contributed by atoms with Gasteiger partial charge < -0.3 is 14.6 Å². The summed E-state index contributed by atoms with van der Waals surface area (Å²) in [6.07, 6.45) is -0.0171. The van der Waals surface area contributed by atoms with Crippen molar-refractivity contribution in [3.05, 3.63) is 59.2 Å². The average molecular weight is 349 g/mol. The number of halogens is 2. The molecule has 3 rings (SSSR count). The normalized spacial score (nSPS) is 20.7. The number of hydrogen-bond donors (Lipinski definition) is 1. The van der Waals surface area contributed by atoms with E-state index in [2.05, 4.69) is 4.90 Å². The standard InChI is InChI=1S/C19H21F2NO3/c1-24-18-6-3-12(7-19(18)25-2)10-22-11-14(23)9-17(22)13-4-5-15(20)16(21)8-13/h3-8,14,17,23H,9-11H2,1-2H3/t14-,17-/m0/s1. The zero-order valence-corrected chi connectivity index (χ0v) is 14.2. The molecule has 25 heavy (non-hydrogen) atoms. The maximum atomic E-state index is 13.6. The van der Waals surface area contributed by atoms with Crippen LogP contribution in [0.4, 0.5) is 8.78 Å². The van der Waals surface area contributed by atoms with Crippen LogP contribution >= 0.6 is 0 Å². The van der Waals surface area contributed by atoms with Crippen LogP contribution in [0.15, 0.2) is 36.4 Å². The maximum absolute atomic E-state index is 13.6. The van der Waals surface area contributed by atoms with Crippen LogP contribution in [0.25, 0.3) is 0 Å². The van der Waals surface area contributed by atoms with E-state index in [-0.39, 0.29) is 6.04 Å². The molecular formula is C19H21F2NO3. The Morgan fingerprint density at radius 1 is 1.04 bits per heavy atom. The van der Waals surface area contributed by atoms with Crippen molar-refractivity contribution in [1.82, 2.24) is 4.90 Å². The van der Waals surface area contributed by atoms with Gasteiger partial charge in [0.1, 0.15) is 0 Å². The zero-order valence-electron chi connectivity index (χ0n) is 14.2. The Morgan fingerprint density at radius 2 is 1.80 bits per heavy atom. The first kappa shape index (κ1) is 17.6. The monoisotopic (exact) mass is 349 g/mol. The van der Waals surface area contributed by atoms with Crippen molar-refractivity contribution < 1.29 is 23.4 Å². The van der Waals surface area contributed by atoms with Gasteiger partial charge in [0.2, 0.25) is 0 Å². The predicted molar refractivity (Wildman–Crippen MR) is 89.7 cm³/mol. The first-order chi connectivity index (χ1) is 12.0. The van der Waals surface area contributed by atoms with Crippen molar-refractivity contribution in [3.63, 3.8) is 0 Å². The lowest BCUT2D eigenvalue weighted by Crippen LogP contribution is -2.24. The van der Waals surface area contributed by atoms with E-state index in [1.165, 1.54) is 6.07 Å². The van der Waals surface area contributed by atoms with Crippen LogP contribution in [0.1, 0.15) is 23.6 Å². The van der Waals surface area contributed by atoms with Crippen LogP contribution in [0.3, 0.4) is 0 Å². The third-order valence-corrected chi connectivity index (χ3v) is 4.54. The van der Waals surface area contributed by atoms with Gasteiger partial charge in [-0.05, 0) is 41.8 Å². The molecule has 1 aliphatic rings. The smallest absolute Gasteiger partial charge is 0.161 e. The molecule has 6 heteroatoms. The van der Waals surface area contributed by atoms with Crippen molar-refractivity contribution in [1.29, 1.82) is 0 Å². The summed E-state index contributed by atoms with van der Waals surface area (Å²) >= 11 is 0. The Balaban J connectivity index is 1.83. The van der Waals surface area contributed by atoms with E-state index < -0.39 is 17.7 Å². The average Bonchev–Trinajstić information content (AvgIpc) is 2.97. The van der Waals surface area contributed by atoms with Crippen molar-refractivity contribution in [3.8, 4) is 11.5 Å². The van der Waals surface area contributed by atoms with Crippen molar-refractivity contribution >= 4 is 0 Å². The van der Waals surface area contributed by atoms with Gasteiger partial charge in [0.15, 0.2) is 23.1 Å². The topological polar surface area (TPSA) is 41.9 Å². The van der Waals surface area contributed by atoms with Gasteiger partial charge >= 0.3 is 0 Å². The summed E-state index contributed by atoms with van der Waals surface area (Å²) in [4.78, 5) is 2.05. The number of likely N-dealkylation sites (tertiary alicyclic amines) is 1. The zero-order chi connectivity index (χ0) is 18.0. The Morgan fingerprint density at radius 3 is 2.48 bits per heavy atom. The van der Waals surface area contributed by atoms with E-state index in [4.69, 9.17) is 9.47 Å². The quantitative estimate of drug-likeness (QED) is 0.899. The number of nitrogens with zero attached hydrogens (tertiary/aromatic N) is 1. The van der Waals surface area contributed by atoms with Crippen molar-refractivity contribution in [2.24, 2.45) is 0 Å². The van der Waals surface area contributed by atoms with Crippen LogP contribution in [0.5, 0.6) is 11.5 Å². The molecule has 1 N–H and O–H groups in total. The van der Waals surface area contributed by atoms with Crippen molar-refractivity contribution in [2.45, 2.75) is 25.1 Å². The molecule has 0 aromatic heterocycles.